The predicted molar refractivity (Wildman–Crippen MR) is 45.3 cm³/mol. The molecule has 0 fully saturated rings. The first-order valence-corrected chi connectivity index (χ1v) is 4.89. The summed E-state index contributed by atoms with van der Waals surface area (Å²) in [6.45, 7) is 3.08. The standard InChI is InChI=1S/C7H10F2O4P/c1-3-6(10)12-5-7(8,9)14(11)13-4-2/h3H,1,4-5H2,2H3/q+1. The minimum absolute atomic E-state index is 0.0970. The molecule has 14 heavy (non-hydrogen) atoms. The van der Waals surface area contributed by atoms with Crippen LogP contribution in [0.4, 0.5) is 8.78 Å². The summed E-state index contributed by atoms with van der Waals surface area (Å²) in [7, 11) is -3.15. The normalized spacial score (nSPS) is 12.1. The molecule has 0 saturated carbocycles. The van der Waals surface area contributed by atoms with Crippen molar-refractivity contribution in [1.82, 2.24) is 0 Å². The zero-order valence-electron chi connectivity index (χ0n) is 7.53. The Labute approximate surface area is 80.8 Å². The van der Waals surface area contributed by atoms with Crippen LogP contribution in [0.25, 0.3) is 0 Å². The first-order valence-electron chi connectivity index (χ1n) is 3.71. The molecule has 0 aromatic heterocycles. The molecule has 1 unspecified atom stereocenters. The summed E-state index contributed by atoms with van der Waals surface area (Å²) in [6.07, 6.45) is 0.740. The number of hydrogen-bond donors (Lipinski definition) is 0. The molecule has 0 aromatic carbocycles. The minimum Gasteiger partial charge on any atom is -0.451 e. The second-order valence-electron chi connectivity index (χ2n) is 2.15. The number of carbonyl (C=O) groups excluding carboxylic acids is 1. The van der Waals surface area contributed by atoms with E-state index < -0.39 is 26.3 Å². The van der Waals surface area contributed by atoms with Crippen LogP contribution in [0.3, 0.4) is 0 Å². The van der Waals surface area contributed by atoms with Crippen molar-refractivity contribution < 1.29 is 27.4 Å². The highest BCUT2D eigenvalue weighted by Crippen LogP contribution is 2.42. The average molecular weight is 227 g/mol. The Hall–Kier alpha value is -0.870. The van der Waals surface area contributed by atoms with Gasteiger partial charge in [-0.05, 0) is 11.5 Å². The minimum atomic E-state index is -3.66. The van der Waals surface area contributed by atoms with Gasteiger partial charge in [0.25, 0.3) is 0 Å². The molecule has 4 nitrogen and oxygen atoms in total. The summed E-state index contributed by atoms with van der Waals surface area (Å²) in [4.78, 5) is 10.4. The van der Waals surface area contributed by atoms with Gasteiger partial charge >= 0.3 is 19.7 Å². The Morgan fingerprint density at radius 2 is 2.21 bits per heavy atom. The zero-order valence-corrected chi connectivity index (χ0v) is 8.43. The lowest BCUT2D eigenvalue weighted by Crippen LogP contribution is -2.21. The second-order valence-corrected chi connectivity index (χ2v) is 3.58. The second kappa shape index (κ2) is 5.78. The molecule has 0 rings (SSSR count). The molecule has 0 aliphatic rings. The van der Waals surface area contributed by atoms with Crippen LogP contribution in [0, 0.1) is 0 Å². The van der Waals surface area contributed by atoms with Gasteiger partial charge in [0.1, 0.15) is 0 Å². The molecular formula is C7H10F2O4P+. The van der Waals surface area contributed by atoms with Crippen molar-refractivity contribution in [2.24, 2.45) is 0 Å². The van der Waals surface area contributed by atoms with Gasteiger partial charge in [0, 0.05) is 6.08 Å². The number of alkyl halides is 2. The molecule has 1 atom stereocenters. The van der Waals surface area contributed by atoms with Gasteiger partial charge in [0.15, 0.2) is 0 Å². The van der Waals surface area contributed by atoms with E-state index in [0.29, 0.717) is 0 Å². The fourth-order valence-corrected chi connectivity index (χ4v) is 1.07. The molecule has 80 valence electrons. The molecule has 0 N–H and O–H groups in total. The highest BCUT2D eigenvalue weighted by molar-refractivity contribution is 7.40. The topological polar surface area (TPSA) is 52.6 Å². The number of esters is 1. The van der Waals surface area contributed by atoms with Crippen LogP contribution < -0.4 is 0 Å². The van der Waals surface area contributed by atoms with Gasteiger partial charge in [-0.3, -0.25) is 0 Å². The fraction of sp³-hybridized carbons (Fsp3) is 0.571. The zero-order chi connectivity index (χ0) is 11.2. The molecule has 0 spiro atoms. The maximum atomic E-state index is 12.8. The summed E-state index contributed by atoms with van der Waals surface area (Å²) in [5, 5.41) is 0. The van der Waals surface area contributed by atoms with Crippen LogP contribution in [-0.2, 0) is 18.6 Å². The maximum Gasteiger partial charge on any atom is 0.590 e. The van der Waals surface area contributed by atoms with E-state index in [2.05, 4.69) is 15.8 Å². The van der Waals surface area contributed by atoms with E-state index in [1.165, 1.54) is 6.92 Å². The SMILES string of the molecule is C=CC(=O)OCC(F)(F)[P+](=O)OCC. The molecule has 0 heterocycles. The van der Waals surface area contributed by atoms with Crippen molar-refractivity contribution in [3.05, 3.63) is 12.7 Å². The van der Waals surface area contributed by atoms with Crippen molar-refractivity contribution in [3.63, 3.8) is 0 Å². The Kier molecular flexibility index (Phi) is 5.42. The number of ether oxygens (including phenoxy) is 1. The molecular weight excluding hydrogens is 217 g/mol. The molecule has 0 aromatic rings. The third kappa shape index (κ3) is 4.39. The smallest absolute Gasteiger partial charge is 0.451 e. The van der Waals surface area contributed by atoms with E-state index in [-0.39, 0.29) is 6.61 Å². The predicted octanol–water partition coefficient (Wildman–Crippen LogP) is 2.09. The van der Waals surface area contributed by atoms with Crippen LogP contribution in [0.5, 0.6) is 0 Å². The summed E-state index contributed by atoms with van der Waals surface area (Å²) in [5.74, 6) is -0.996. The van der Waals surface area contributed by atoms with Crippen molar-refractivity contribution >= 4 is 14.0 Å². The number of halogens is 2. The van der Waals surface area contributed by atoms with E-state index in [1.807, 2.05) is 0 Å². The first kappa shape index (κ1) is 13.1. The third-order valence-electron chi connectivity index (χ3n) is 1.07. The maximum absolute atomic E-state index is 12.8. The van der Waals surface area contributed by atoms with Gasteiger partial charge in [0.2, 0.25) is 6.61 Å². The largest absolute Gasteiger partial charge is 0.590 e. The highest BCUT2D eigenvalue weighted by atomic mass is 31.1. The van der Waals surface area contributed by atoms with Gasteiger partial charge in [-0.15, -0.1) is 4.52 Å². The van der Waals surface area contributed by atoms with Crippen LogP contribution in [-0.4, -0.2) is 24.8 Å². The lowest BCUT2D eigenvalue weighted by atomic mass is 10.6. The summed E-state index contributed by atoms with van der Waals surface area (Å²) in [6, 6.07) is 0. The van der Waals surface area contributed by atoms with Crippen molar-refractivity contribution in [1.29, 1.82) is 0 Å². The number of rotatable bonds is 6. The van der Waals surface area contributed by atoms with Gasteiger partial charge in [-0.1, -0.05) is 6.58 Å². The van der Waals surface area contributed by atoms with Crippen LogP contribution in [0.1, 0.15) is 6.92 Å². The van der Waals surface area contributed by atoms with Crippen LogP contribution in [0.15, 0.2) is 12.7 Å². The first-order chi connectivity index (χ1) is 6.44. The highest BCUT2D eigenvalue weighted by Gasteiger charge is 2.55. The van der Waals surface area contributed by atoms with Gasteiger partial charge in [-0.2, -0.15) is 8.78 Å². The lowest BCUT2D eigenvalue weighted by Gasteiger charge is -2.03. The van der Waals surface area contributed by atoms with Crippen molar-refractivity contribution in [3.8, 4) is 0 Å². The molecule has 0 amide bonds. The Bertz CT molecular complexity index is 242. The Morgan fingerprint density at radius 1 is 1.64 bits per heavy atom. The number of carbonyl (C=O) groups is 1. The monoisotopic (exact) mass is 227 g/mol. The molecule has 0 aliphatic carbocycles. The van der Waals surface area contributed by atoms with E-state index in [4.69, 9.17) is 0 Å². The Balaban J connectivity index is 4.12. The van der Waals surface area contributed by atoms with Crippen molar-refractivity contribution in [2.75, 3.05) is 13.2 Å². The van der Waals surface area contributed by atoms with Gasteiger partial charge in [-0.25, -0.2) is 4.79 Å². The molecule has 0 bridgehead atoms. The summed E-state index contributed by atoms with van der Waals surface area (Å²) >= 11 is 0. The fourth-order valence-electron chi connectivity index (χ4n) is 0.481. The Morgan fingerprint density at radius 3 is 2.64 bits per heavy atom. The quantitative estimate of drug-likeness (QED) is 0.396. The molecule has 0 saturated heterocycles. The number of hydrogen-bond acceptors (Lipinski definition) is 4. The summed E-state index contributed by atoms with van der Waals surface area (Å²) in [5.41, 5.74) is -3.66. The molecule has 0 aliphatic heterocycles. The van der Waals surface area contributed by atoms with Crippen LogP contribution in [0.2, 0.25) is 0 Å². The average Bonchev–Trinajstić information content (AvgIpc) is 2.14. The van der Waals surface area contributed by atoms with Crippen LogP contribution >= 0.6 is 8.03 Å². The summed E-state index contributed by atoms with van der Waals surface area (Å²) < 4.78 is 44.6. The third-order valence-corrected chi connectivity index (χ3v) is 2.22. The molecule has 7 heteroatoms. The van der Waals surface area contributed by atoms with Gasteiger partial charge < -0.3 is 4.74 Å². The van der Waals surface area contributed by atoms with Gasteiger partial charge in [0.05, 0.1) is 6.61 Å². The van der Waals surface area contributed by atoms with E-state index in [9.17, 15) is 18.1 Å². The van der Waals surface area contributed by atoms with Crippen molar-refractivity contribution in [2.45, 2.75) is 12.6 Å². The van der Waals surface area contributed by atoms with E-state index >= 15 is 0 Å². The van der Waals surface area contributed by atoms with E-state index in [1.54, 1.807) is 0 Å². The van der Waals surface area contributed by atoms with E-state index in [0.717, 1.165) is 6.08 Å². The molecule has 0 radical (unpaired) electrons. The lowest BCUT2D eigenvalue weighted by molar-refractivity contribution is -0.143.